The molecule has 1 unspecified atom stereocenters. The fourth-order valence-corrected chi connectivity index (χ4v) is 3.21. The van der Waals surface area contributed by atoms with Gasteiger partial charge in [0.25, 0.3) is 0 Å². The molecule has 1 aliphatic rings. The number of nitrogens with one attached hydrogen (secondary N) is 1. The van der Waals surface area contributed by atoms with Gasteiger partial charge in [0, 0.05) is 12.5 Å². The summed E-state index contributed by atoms with van der Waals surface area (Å²) in [7, 11) is 0. The maximum absolute atomic E-state index is 5.91. The van der Waals surface area contributed by atoms with Crippen LogP contribution < -0.4 is 10.1 Å². The number of nitrogens with zero attached hydrogens (tertiary/aromatic N) is 2. The van der Waals surface area contributed by atoms with Crippen molar-refractivity contribution in [2.75, 3.05) is 6.61 Å². The Kier molecular flexibility index (Phi) is 5.26. The van der Waals surface area contributed by atoms with Gasteiger partial charge in [-0.1, -0.05) is 53.7 Å². The van der Waals surface area contributed by atoms with E-state index in [4.69, 9.17) is 9.26 Å². The van der Waals surface area contributed by atoms with Gasteiger partial charge in [-0.15, -0.1) is 0 Å². The van der Waals surface area contributed by atoms with Crippen molar-refractivity contribution in [2.24, 2.45) is 0 Å². The van der Waals surface area contributed by atoms with E-state index in [9.17, 15) is 0 Å². The van der Waals surface area contributed by atoms with Crippen molar-refractivity contribution >= 4 is 0 Å². The van der Waals surface area contributed by atoms with E-state index in [0.29, 0.717) is 19.0 Å². The quantitative estimate of drug-likeness (QED) is 0.740. The summed E-state index contributed by atoms with van der Waals surface area (Å²) in [4.78, 5) is 4.49. The predicted molar refractivity (Wildman–Crippen MR) is 99.0 cm³/mol. The zero-order valence-electron chi connectivity index (χ0n) is 14.7. The molecule has 5 nitrogen and oxygen atoms in total. The van der Waals surface area contributed by atoms with E-state index in [2.05, 4.69) is 39.7 Å². The molecule has 0 saturated heterocycles. The van der Waals surface area contributed by atoms with Crippen LogP contribution >= 0.6 is 0 Å². The topological polar surface area (TPSA) is 60.2 Å². The monoisotopic (exact) mass is 349 g/mol. The van der Waals surface area contributed by atoms with Crippen LogP contribution in [0, 0.1) is 0 Å². The molecule has 26 heavy (non-hydrogen) atoms. The second-order valence-electron chi connectivity index (χ2n) is 6.63. The molecule has 3 aromatic rings. The molecule has 1 atom stereocenters. The number of aromatic nitrogens is 2. The van der Waals surface area contributed by atoms with E-state index in [-0.39, 0.29) is 6.04 Å². The Morgan fingerprint density at radius 1 is 1.00 bits per heavy atom. The molecule has 0 amide bonds. The zero-order chi connectivity index (χ0) is 17.6. The van der Waals surface area contributed by atoms with Gasteiger partial charge in [0.15, 0.2) is 5.82 Å². The number of aryl methyl sites for hydroxylation is 3. The maximum atomic E-state index is 5.91. The van der Waals surface area contributed by atoms with Gasteiger partial charge in [-0.05, 0) is 36.5 Å². The number of ether oxygens (including phenoxy) is 1. The van der Waals surface area contributed by atoms with Crippen LogP contribution in [0.15, 0.2) is 59.1 Å². The Balaban J connectivity index is 1.26. The smallest absolute Gasteiger partial charge is 0.240 e. The largest absolute Gasteiger partial charge is 0.492 e. The number of fused-ring (bicyclic) bond motifs is 1. The van der Waals surface area contributed by atoms with Crippen LogP contribution in [0.2, 0.25) is 0 Å². The Labute approximate surface area is 153 Å². The second kappa shape index (κ2) is 8.15. The summed E-state index contributed by atoms with van der Waals surface area (Å²) in [5.74, 6) is 2.39. The fourth-order valence-electron chi connectivity index (χ4n) is 3.21. The molecular formula is C21H23N3O2. The highest BCUT2D eigenvalue weighted by molar-refractivity contribution is 5.34. The molecule has 4 rings (SSSR count). The summed E-state index contributed by atoms with van der Waals surface area (Å²) >= 11 is 0. The molecule has 0 radical (unpaired) electrons. The van der Waals surface area contributed by atoms with Gasteiger partial charge in [-0.2, -0.15) is 4.98 Å². The number of para-hydroxylation sites is 1. The molecule has 0 saturated carbocycles. The lowest BCUT2D eigenvalue weighted by Crippen LogP contribution is -2.33. The van der Waals surface area contributed by atoms with Gasteiger partial charge in [0.1, 0.15) is 12.4 Å². The summed E-state index contributed by atoms with van der Waals surface area (Å²) in [6.07, 6.45) is 3.75. The van der Waals surface area contributed by atoms with Gasteiger partial charge in [0.2, 0.25) is 5.89 Å². The molecule has 134 valence electrons. The summed E-state index contributed by atoms with van der Waals surface area (Å²) in [5, 5.41) is 7.57. The minimum atomic E-state index is 0.280. The Hall–Kier alpha value is -2.66. The summed E-state index contributed by atoms with van der Waals surface area (Å²) < 4.78 is 11.3. The fraction of sp³-hybridized carbons (Fsp3) is 0.333. The highest BCUT2D eigenvalue weighted by atomic mass is 16.5. The molecule has 1 aliphatic heterocycles. The lowest BCUT2D eigenvalue weighted by molar-refractivity contribution is 0.259. The van der Waals surface area contributed by atoms with Gasteiger partial charge in [0.05, 0.1) is 6.54 Å². The summed E-state index contributed by atoms with van der Waals surface area (Å²) in [6.45, 7) is 1.23. The number of hydrogen-bond donors (Lipinski definition) is 1. The van der Waals surface area contributed by atoms with E-state index >= 15 is 0 Å². The number of hydrogen-bond acceptors (Lipinski definition) is 5. The molecule has 1 N–H and O–H groups in total. The van der Waals surface area contributed by atoms with Crippen LogP contribution in [-0.2, 0) is 25.8 Å². The van der Waals surface area contributed by atoms with Crippen molar-refractivity contribution in [1.29, 1.82) is 0 Å². The third kappa shape index (κ3) is 4.29. The third-order valence-electron chi connectivity index (χ3n) is 4.71. The van der Waals surface area contributed by atoms with Crippen LogP contribution in [0.5, 0.6) is 5.75 Å². The minimum Gasteiger partial charge on any atom is -0.492 e. The van der Waals surface area contributed by atoms with Crippen molar-refractivity contribution < 1.29 is 9.26 Å². The van der Waals surface area contributed by atoms with Crippen LogP contribution in [-0.4, -0.2) is 22.8 Å². The molecule has 0 aliphatic carbocycles. The molecule has 0 fully saturated rings. The van der Waals surface area contributed by atoms with Gasteiger partial charge >= 0.3 is 0 Å². The number of benzene rings is 2. The van der Waals surface area contributed by atoms with E-state index in [1.165, 1.54) is 11.1 Å². The third-order valence-corrected chi connectivity index (χ3v) is 4.71. The molecule has 1 aromatic heterocycles. The van der Waals surface area contributed by atoms with Crippen LogP contribution in [0.4, 0.5) is 0 Å². The molecular weight excluding hydrogens is 326 g/mol. The van der Waals surface area contributed by atoms with Gasteiger partial charge < -0.3 is 14.6 Å². The van der Waals surface area contributed by atoms with Crippen molar-refractivity contribution in [3.63, 3.8) is 0 Å². The van der Waals surface area contributed by atoms with E-state index in [0.717, 1.165) is 37.3 Å². The summed E-state index contributed by atoms with van der Waals surface area (Å²) in [6, 6.07) is 18.9. The normalized spacial score (nSPS) is 16.5. The van der Waals surface area contributed by atoms with Crippen molar-refractivity contribution in [3.05, 3.63) is 77.4 Å². The lowest BCUT2D eigenvalue weighted by Gasteiger charge is -2.14. The van der Waals surface area contributed by atoms with Crippen LogP contribution in [0.25, 0.3) is 0 Å². The molecule has 2 aromatic carbocycles. The Morgan fingerprint density at radius 3 is 2.77 bits per heavy atom. The first-order chi connectivity index (χ1) is 12.9. The first kappa shape index (κ1) is 16.8. The Morgan fingerprint density at radius 2 is 1.85 bits per heavy atom. The van der Waals surface area contributed by atoms with E-state index in [1.54, 1.807) is 0 Å². The first-order valence-electron chi connectivity index (χ1n) is 9.16. The predicted octanol–water partition coefficient (Wildman–Crippen LogP) is 3.34. The lowest BCUT2D eigenvalue weighted by atomic mass is 10.1. The zero-order valence-corrected chi connectivity index (χ0v) is 14.7. The highest BCUT2D eigenvalue weighted by Gasteiger charge is 2.17. The summed E-state index contributed by atoms with van der Waals surface area (Å²) in [5.41, 5.74) is 2.56. The average molecular weight is 349 g/mol. The molecule has 0 bridgehead atoms. The molecule has 2 heterocycles. The van der Waals surface area contributed by atoms with Crippen LogP contribution in [0.1, 0.15) is 29.3 Å². The maximum Gasteiger partial charge on any atom is 0.240 e. The minimum absolute atomic E-state index is 0.280. The van der Waals surface area contributed by atoms with Gasteiger partial charge in [-0.3, -0.25) is 0 Å². The van der Waals surface area contributed by atoms with Crippen LogP contribution in [0.3, 0.4) is 0 Å². The Bertz CT molecular complexity index is 805. The van der Waals surface area contributed by atoms with E-state index < -0.39 is 0 Å². The van der Waals surface area contributed by atoms with Crippen molar-refractivity contribution in [2.45, 2.75) is 38.3 Å². The second-order valence-corrected chi connectivity index (χ2v) is 6.63. The molecule has 5 heteroatoms. The first-order valence-corrected chi connectivity index (χ1v) is 9.16. The van der Waals surface area contributed by atoms with Crippen molar-refractivity contribution in [3.8, 4) is 5.75 Å². The standard InChI is InChI=1S/C21H23N3O2/c1-2-6-16(7-3-1)10-13-20-23-21(26-24-20)14-22-18-12-11-17-8-4-5-9-19(17)25-15-18/h1-9,18,22H,10-15H2. The highest BCUT2D eigenvalue weighted by Crippen LogP contribution is 2.23. The SMILES string of the molecule is c1ccc(CCc2noc(CNC3CCc4ccccc4OC3)n2)cc1. The molecule has 0 spiro atoms. The van der Waals surface area contributed by atoms with Gasteiger partial charge in [-0.25, -0.2) is 0 Å². The van der Waals surface area contributed by atoms with Crippen molar-refractivity contribution in [1.82, 2.24) is 15.5 Å². The van der Waals surface area contributed by atoms with E-state index in [1.807, 2.05) is 30.3 Å². The average Bonchev–Trinajstić information content (AvgIpc) is 3.05. The number of rotatable bonds is 6.